The number of rotatable bonds is 2. The van der Waals surface area contributed by atoms with Gasteiger partial charge in [-0.2, -0.15) is 13.2 Å². The highest BCUT2D eigenvalue weighted by Crippen LogP contribution is 2.30. The number of hydrogen-bond donors (Lipinski definition) is 0. The Labute approximate surface area is 104 Å². The second-order valence-corrected chi connectivity index (χ2v) is 4.73. The molecule has 0 spiro atoms. The van der Waals surface area contributed by atoms with E-state index in [4.69, 9.17) is 11.6 Å². The first-order valence-corrected chi connectivity index (χ1v) is 5.66. The van der Waals surface area contributed by atoms with Crippen molar-refractivity contribution in [2.75, 3.05) is 0 Å². The molecule has 0 N–H and O–H groups in total. The van der Waals surface area contributed by atoms with E-state index in [1.807, 2.05) is 13.8 Å². The molecule has 1 aromatic rings. The number of aromatic nitrogens is 2. The molecule has 0 aliphatic rings. The molecule has 0 atom stereocenters. The summed E-state index contributed by atoms with van der Waals surface area (Å²) in [4.78, 5) is 7.44. The van der Waals surface area contributed by atoms with Gasteiger partial charge in [-0.05, 0) is 21.8 Å². The van der Waals surface area contributed by atoms with Crippen LogP contribution >= 0.6 is 27.5 Å². The summed E-state index contributed by atoms with van der Waals surface area (Å²) in [6.45, 7) is 3.64. The van der Waals surface area contributed by atoms with E-state index in [1.165, 1.54) is 0 Å². The first-order chi connectivity index (χ1) is 7.20. The molecule has 0 bridgehead atoms. The van der Waals surface area contributed by atoms with Crippen LogP contribution in [0.4, 0.5) is 13.2 Å². The van der Waals surface area contributed by atoms with Crippen LogP contribution in [0.15, 0.2) is 4.47 Å². The van der Waals surface area contributed by atoms with Crippen LogP contribution in [0.1, 0.15) is 31.3 Å². The standard InChI is InChI=1S/C9H9BrClF3N2/c1-4(2)7-6(10)8(11)16-5(15-7)3-9(12,13)14/h4H,3H2,1-2H3. The third-order valence-electron chi connectivity index (χ3n) is 1.79. The van der Waals surface area contributed by atoms with Crippen LogP contribution in [-0.4, -0.2) is 16.1 Å². The van der Waals surface area contributed by atoms with E-state index in [0.717, 1.165) is 0 Å². The van der Waals surface area contributed by atoms with E-state index in [9.17, 15) is 13.2 Å². The molecule has 0 unspecified atom stereocenters. The van der Waals surface area contributed by atoms with Gasteiger partial charge < -0.3 is 0 Å². The van der Waals surface area contributed by atoms with Crippen molar-refractivity contribution in [1.82, 2.24) is 9.97 Å². The highest BCUT2D eigenvalue weighted by atomic mass is 79.9. The maximum absolute atomic E-state index is 12.2. The van der Waals surface area contributed by atoms with Crippen molar-refractivity contribution in [3.63, 3.8) is 0 Å². The van der Waals surface area contributed by atoms with Gasteiger partial charge in [0.2, 0.25) is 0 Å². The molecule has 1 heterocycles. The van der Waals surface area contributed by atoms with Crippen molar-refractivity contribution < 1.29 is 13.2 Å². The van der Waals surface area contributed by atoms with E-state index in [0.29, 0.717) is 10.2 Å². The van der Waals surface area contributed by atoms with E-state index in [-0.39, 0.29) is 16.9 Å². The molecule has 16 heavy (non-hydrogen) atoms. The summed E-state index contributed by atoms with van der Waals surface area (Å²) in [5.41, 5.74) is 0.485. The molecular formula is C9H9BrClF3N2. The lowest BCUT2D eigenvalue weighted by molar-refractivity contribution is -0.128. The van der Waals surface area contributed by atoms with Crippen LogP contribution in [0.5, 0.6) is 0 Å². The fourth-order valence-corrected chi connectivity index (χ4v) is 1.95. The number of nitrogens with zero attached hydrogens (tertiary/aromatic N) is 2. The van der Waals surface area contributed by atoms with Crippen molar-refractivity contribution >= 4 is 27.5 Å². The smallest absolute Gasteiger partial charge is 0.236 e. The largest absolute Gasteiger partial charge is 0.396 e. The monoisotopic (exact) mass is 316 g/mol. The molecule has 2 nitrogen and oxygen atoms in total. The second-order valence-electron chi connectivity index (χ2n) is 3.58. The highest BCUT2D eigenvalue weighted by molar-refractivity contribution is 9.10. The van der Waals surface area contributed by atoms with E-state index < -0.39 is 12.6 Å². The third kappa shape index (κ3) is 3.59. The average molecular weight is 318 g/mol. The Hall–Kier alpha value is -0.360. The Bertz CT molecular complexity index is 393. The lowest BCUT2D eigenvalue weighted by atomic mass is 10.1. The molecule has 0 saturated carbocycles. The van der Waals surface area contributed by atoms with Crippen LogP contribution in [0.3, 0.4) is 0 Å². The maximum Gasteiger partial charge on any atom is 0.396 e. The normalized spacial score (nSPS) is 12.2. The minimum Gasteiger partial charge on any atom is -0.236 e. The summed E-state index contributed by atoms with van der Waals surface area (Å²) in [6.07, 6.45) is -5.49. The second kappa shape index (κ2) is 4.87. The molecule has 0 radical (unpaired) electrons. The third-order valence-corrected chi connectivity index (χ3v) is 3.07. The number of halogens is 5. The van der Waals surface area contributed by atoms with Crippen molar-refractivity contribution in [2.45, 2.75) is 32.4 Å². The molecule has 1 aromatic heterocycles. The van der Waals surface area contributed by atoms with Crippen LogP contribution in [0.2, 0.25) is 5.15 Å². The molecule has 0 aliphatic carbocycles. The van der Waals surface area contributed by atoms with Gasteiger partial charge in [-0.15, -0.1) is 0 Å². The summed E-state index contributed by atoms with van der Waals surface area (Å²) >= 11 is 8.88. The van der Waals surface area contributed by atoms with Gasteiger partial charge in [0, 0.05) is 0 Å². The minimum atomic E-state index is -4.33. The van der Waals surface area contributed by atoms with Crippen molar-refractivity contribution in [3.8, 4) is 0 Å². The first kappa shape index (κ1) is 13.7. The quantitative estimate of drug-likeness (QED) is 0.767. The fourth-order valence-electron chi connectivity index (χ4n) is 1.12. The molecule has 0 saturated heterocycles. The van der Waals surface area contributed by atoms with E-state index in [2.05, 4.69) is 25.9 Å². The minimum absolute atomic E-state index is 0.0120. The van der Waals surface area contributed by atoms with Crippen LogP contribution in [-0.2, 0) is 6.42 Å². The summed E-state index contributed by atoms with van der Waals surface area (Å²) in [5, 5.41) is 0.0120. The lowest BCUT2D eigenvalue weighted by Crippen LogP contribution is -2.15. The van der Waals surface area contributed by atoms with Gasteiger partial charge in [0.25, 0.3) is 0 Å². The zero-order valence-corrected chi connectivity index (χ0v) is 10.9. The molecule has 7 heteroatoms. The van der Waals surface area contributed by atoms with Gasteiger partial charge in [-0.1, -0.05) is 25.4 Å². The van der Waals surface area contributed by atoms with Crippen molar-refractivity contribution in [3.05, 3.63) is 21.1 Å². The Morgan fingerprint density at radius 1 is 1.31 bits per heavy atom. The summed E-state index contributed by atoms with van der Waals surface area (Å²) in [5.74, 6) is -0.328. The zero-order valence-electron chi connectivity index (χ0n) is 8.57. The topological polar surface area (TPSA) is 25.8 Å². The Morgan fingerprint density at radius 3 is 2.31 bits per heavy atom. The molecule has 0 aromatic carbocycles. The molecule has 0 fully saturated rings. The predicted octanol–water partition coefficient (Wildman–Crippen LogP) is 4.12. The maximum atomic E-state index is 12.2. The zero-order chi connectivity index (χ0) is 12.5. The number of hydrogen-bond acceptors (Lipinski definition) is 2. The Morgan fingerprint density at radius 2 is 1.88 bits per heavy atom. The Kier molecular flexibility index (Phi) is 4.17. The average Bonchev–Trinajstić information content (AvgIpc) is 2.07. The van der Waals surface area contributed by atoms with Gasteiger partial charge in [0.15, 0.2) is 0 Å². The van der Waals surface area contributed by atoms with Crippen LogP contribution in [0.25, 0.3) is 0 Å². The van der Waals surface area contributed by atoms with Gasteiger partial charge in [0.1, 0.15) is 17.4 Å². The SMILES string of the molecule is CC(C)c1nc(CC(F)(F)F)nc(Cl)c1Br. The summed E-state index contributed by atoms with van der Waals surface area (Å²) in [6, 6.07) is 0. The first-order valence-electron chi connectivity index (χ1n) is 4.49. The molecule has 0 amide bonds. The summed E-state index contributed by atoms with van der Waals surface area (Å²) in [7, 11) is 0. The van der Waals surface area contributed by atoms with E-state index >= 15 is 0 Å². The number of alkyl halides is 3. The molecule has 1 rings (SSSR count). The van der Waals surface area contributed by atoms with Gasteiger partial charge in [-0.3, -0.25) is 0 Å². The fraction of sp³-hybridized carbons (Fsp3) is 0.556. The highest BCUT2D eigenvalue weighted by Gasteiger charge is 2.30. The van der Waals surface area contributed by atoms with Gasteiger partial charge >= 0.3 is 6.18 Å². The molecule has 0 aliphatic heterocycles. The Balaban J connectivity index is 3.14. The summed E-state index contributed by atoms with van der Waals surface area (Å²) < 4.78 is 37.0. The van der Waals surface area contributed by atoms with E-state index in [1.54, 1.807) is 0 Å². The lowest BCUT2D eigenvalue weighted by Gasteiger charge is -2.11. The van der Waals surface area contributed by atoms with Crippen molar-refractivity contribution in [2.24, 2.45) is 0 Å². The van der Waals surface area contributed by atoms with Crippen LogP contribution < -0.4 is 0 Å². The van der Waals surface area contributed by atoms with Gasteiger partial charge in [-0.25, -0.2) is 9.97 Å². The molecular weight excluding hydrogens is 308 g/mol. The van der Waals surface area contributed by atoms with Crippen molar-refractivity contribution in [1.29, 1.82) is 0 Å². The van der Waals surface area contributed by atoms with Gasteiger partial charge in [0.05, 0.1) is 10.2 Å². The predicted molar refractivity (Wildman–Crippen MR) is 58.6 cm³/mol. The van der Waals surface area contributed by atoms with Crippen LogP contribution in [0, 0.1) is 0 Å². The molecule has 90 valence electrons.